The third kappa shape index (κ3) is 6.94. The molecule has 2 saturated heterocycles. The first-order chi connectivity index (χ1) is 19.9. The summed E-state index contributed by atoms with van der Waals surface area (Å²) in [5, 5.41) is 81.7. The number of phenolic OH excluding ortho intramolecular Hbond substituents is 3. The summed E-state index contributed by atoms with van der Waals surface area (Å²) in [5.74, 6) is -2.23. The van der Waals surface area contributed by atoms with Crippen molar-refractivity contribution in [1.29, 1.82) is 0 Å². The van der Waals surface area contributed by atoms with Gasteiger partial charge in [0, 0.05) is 18.6 Å². The number of allylic oxidation sites excluding steroid dienone is 1. The largest absolute Gasteiger partial charge is 0.507 e. The lowest BCUT2D eigenvalue weighted by molar-refractivity contribution is -0.299. The number of aromatic hydroxyl groups is 3. The Balaban J connectivity index is 1.42. The van der Waals surface area contributed by atoms with Crippen LogP contribution in [-0.2, 0) is 14.2 Å². The van der Waals surface area contributed by atoms with E-state index in [4.69, 9.17) is 23.7 Å². The van der Waals surface area contributed by atoms with Crippen molar-refractivity contribution in [2.45, 2.75) is 68.7 Å². The van der Waals surface area contributed by atoms with Gasteiger partial charge in [-0.05, 0) is 30.7 Å². The van der Waals surface area contributed by atoms with Crippen LogP contribution >= 0.6 is 0 Å². The number of hydrogen-bond acceptors (Lipinski definition) is 14. The van der Waals surface area contributed by atoms with Gasteiger partial charge in [-0.2, -0.15) is 0 Å². The molecule has 0 saturated carbocycles. The van der Waals surface area contributed by atoms with E-state index in [2.05, 4.69) is 0 Å². The quantitative estimate of drug-likeness (QED) is 0.139. The molecule has 0 amide bonds. The number of hydrogen-bond donors (Lipinski definition) is 8. The summed E-state index contributed by atoms with van der Waals surface area (Å²) in [6.07, 6.45) is -9.40. The molecule has 2 aromatic rings. The maximum Gasteiger partial charge on any atom is 0.229 e. The number of ketones is 1. The minimum atomic E-state index is -1.76. The molecule has 2 aliphatic rings. The van der Waals surface area contributed by atoms with Crippen molar-refractivity contribution in [3.05, 3.63) is 47.5 Å². The van der Waals surface area contributed by atoms with Crippen LogP contribution in [0.4, 0.5) is 0 Å². The fourth-order valence-electron chi connectivity index (χ4n) is 4.59. The van der Waals surface area contributed by atoms with E-state index in [1.165, 1.54) is 25.3 Å². The monoisotopic (exact) mass is 594 g/mol. The molecule has 2 aliphatic heterocycles. The van der Waals surface area contributed by atoms with Crippen LogP contribution in [0.2, 0.25) is 0 Å². The summed E-state index contributed by atoms with van der Waals surface area (Å²) in [4.78, 5) is 12.7. The number of rotatable bonds is 9. The summed E-state index contributed by atoms with van der Waals surface area (Å²) in [7, 11) is 1.39. The molecule has 0 aliphatic carbocycles. The van der Waals surface area contributed by atoms with Crippen molar-refractivity contribution in [2.75, 3.05) is 13.7 Å². The number of benzene rings is 2. The highest BCUT2D eigenvalue weighted by molar-refractivity contribution is 6.10. The topological polar surface area (TPSA) is 225 Å². The van der Waals surface area contributed by atoms with Crippen LogP contribution in [-0.4, -0.2) is 116 Å². The zero-order chi connectivity index (χ0) is 30.7. The lowest BCUT2D eigenvalue weighted by atomic mass is 9.99. The van der Waals surface area contributed by atoms with E-state index < -0.39 is 78.2 Å². The van der Waals surface area contributed by atoms with Crippen molar-refractivity contribution >= 4 is 11.9 Å². The molecule has 14 nitrogen and oxygen atoms in total. The molecule has 2 heterocycles. The van der Waals surface area contributed by atoms with Crippen LogP contribution in [0.5, 0.6) is 28.7 Å². The average molecular weight is 595 g/mol. The van der Waals surface area contributed by atoms with E-state index >= 15 is 0 Å². The van der Waals surface area contributed by atoms with E-state index in [9.17, 15) is 45.6 Å². The molecule has 5 unspecified atom stereocenters. The highest BCUT2D eigenvalue weighted by Crippen LogP contribution is 2.35. The third-order valence-corrected chi connectivity index (χ3v) is 6.99. The maximum atomic E-state index is 12.7. The molecule has 9 atom stereocenters. The van der Waals surface area contributed by atoms with Crippen molar-refractivity contribution in [1.82, 2.24) is 0 Å². The number of carbonyl (C=O) groups excluding carboxylic acids is 1. The van der Waals surface area contributed by atoms with Crippen molar-refractivity contribution in [3.63, 3.8) is 0 Å². The highest BCUT2D eigenvalue weighted by atomic mass is 16.7. The second kappa shape index (κ2) is 13.2. The molecule has 42 heavy (non-hydrogen) atoms. The van der Waals surface area contributed by atoms with Crippen LogP contribution in [0, 0.1) is 0 Å². The number of phenols is 3. The average Bonchev–Trinajstić information content (AvgIpc) is 2.94. The lowest BCUT2D eigenvalue weighted by Gasteiger charge is -2.41. The van der Waals surface area contributed by atoms with Gasteiger partial charge in [0.1, 0.15) is 53.3 Å². The number of methoxy groups -OCH3 is 1. The van der Waals surface area contributed by atoms with Crippen molar-refractivity contribution < 1.29 is 69.3 Å². The molecular formula is C28H34O14. The maximum absolute atomic E-state index is 12.7. The lowest BCUT2D eigenvalue weighted by Crippen LogP contribution is -2.60. The molecule has 0 aromatic heterocycles. The molecule has 2 aromatic carbocycles. The van der Waals surface area contributed by atoms with Gasteiger partial charge in [0.05, 0.1) is 25.9 Å². The third-order valence-electron chi connectivity index (χ3n) is 6.99. The SMILES string of the molecule is COc1ccc(/C=C/C(=O)c2c(O)cc(O[C@@H]3OC(CO[C@H]4CC(O)[C@@H](O)C(C)O4)[C@@H](O)C(O)C3O)cc2O)cc1O. The number of aliphatic hydroxyl groups excluding tert-OH is 5. The molecule has 8 N–H and O–H groups in total. The standard InChI is InChI=1S/C28H34O14/c1-12-24(34)19(33)10-22(40-12)39-11-21-25(35)26(36)27(37)28(42-21)41-14-8-17(31)23(18(32)9-14)15(29)5-3-13-4-6-20(38-2)16(30)7-13/h3-9,12,19,21-22,24-28,30-37H,10-11H2,1-2H3/b5-3+/t12?,19?,21?,22-,24+,25-,26?,27?,28-/m1/s1. The van der Waals surface area contributed by atoms with E-state index in [0.29, 0.717) is 5.56 Å². The Labute approximate surface area is 240 Å². The van der Waals surface area contributed by atoms with E-state index in [-0.39, 0.29) is 30.3 Å². The van der Waals surface area contributed by atoms with E-state index in [1.807, 2.05) is 0 Å². The van der Waals surface area contributed by atoms with Crippen LogP contribution in [0.15, 0.2) is 36.4 Å². The van der Waals surface area contributed by atoms with E-state index in [1.54, 1.807) is 13.0 Å². The molecular weight excluding hydrogens is 560 g/mol. The fraction of sp³-hybridized carbons (Fsp3) is 0.464. The fourth-order valence-corrected chi connectivity index (χ4v) is 4.59. The first kappa shape index (κ1) is 31.5. The van der Waals surface area contributed by atoms with Gasteiger partial charge in [0.15, 0.2) is 23.6 Å². The van der Waals surface area contributed by atoms with Gasteiger partial charge >= 0.3 is 0 Å². The Morgan fingerprint density at radius 2 is 1.62 bits per heavy atom. The molecule has 2 fully saturated rings. The summed E-state index contributed by atoms with van der Waals surface area (Å²) in [5.41, 5.74) is -0.00109. The predicted molar refractivity (Wildman–Crippen MR) is 142 cm³/mol. The minimum absolute atomic E-state index is 0.0548. The number of carbonyl (C=O) groups is 1. The van der Waals surface area contributed by atoms with Gasteiger partial charge in [-0.25, -0.2) is 0 Å². The van der Waals surface area contributed by atoms with Gasteiger partial charge in [-0.1, -0.05) is 12.1 Å². The van der Waals surface area contributed by atoms with Gasteiger partial charge in [0.25, 0.3) is 0 Å². The number of aliphatic hydroxyl groups is 5. The Bertz CT molecular complexity index is 1250. The van der Waals surface area contributed by atoms with Crippen LogP contribution in [0.3, 0.4) is 0 Å². The Kier molecular flexibility index (Phi) is 9.91. The molecule has 0 bridgehead atoms. The number of ether oxygens (including phenoxy) is 5. The zero-order valence-corrected chi connectivity index (χ0v) is 22.7. The van der Waals surface area contributed by atoms with Crippen molar-refractivity contribution in [3.8, 4) is 28.7 Å². The first-order valence-corrected chi connectivity index (χ1v) is 13.0. The molecule has 14 heteroatoms. The Hall–Kier alpha value is -3.47. The van der Waals surface area contributed by atoms with Gasteiger partial charge in [-0.15, -0.1) is 0 Å². The second-order valence-electron chi connectivity index (χ2n) is 10.00. The molecule has 4 rings (SSSR count). The van der Waals surface area contributed by atoms with Gasteiger partial charge in [0.2, 0.25) is 6.29 Å². The van der Waals surface area contributed by atoms with E-state index in [0.717, 1.165) is 18.2 Å². The minimum Gasteiger partial charge on any atom is -0.507 e. The van der Waals surface area contributed by atoms with Gasteiger partial charge in [-0.3, -0.25) is 4.79 Å². The summed E-state index contributed by atoms with van der Waals surface area (Å²) < 4.78 is 27.1. The zero-order valence-electron chi connectivity index (χ0n) is 22.7. The smallest absolute Gasteiger partial charge is 0.229 e. The second-order valence-corrected chi connectivity index (χ2v) is 10.00. The first-order valence-electron chi connectivity index (χ1n) is 13.0. The van der Waals surface area contributed by atoms with Crippen LogP contribution < -0.4 is 9.47 Å². The predicted octanol–water partition coefficient (Wildman–Crippen LogP) is -0.232. The summed E-state index contributed by atoms with van der Waals surface area (Å²) in [6, 6.07) is 6.41. The summed E-state index contributed by atoms with van der Waals surface area (Å²) >= 11 is 0. The summed E-state index contributed by atoms with van der Waals surface area (Å²) in [6.45, 7) is 1.19. The van der Waals surface area contributed by atoms with Gasteiger partial charge < -0.3 is 64.5 Å². The Morgan fingerprint density at radius 1 is 0.929 bits per heavy atom. The van der Waals surface area contributed by atoms with Crippen LogP contribution in [0.1, 0.15) is 29.3 Å². The normalized spacial score (nSPS) is 31.6. The highest BCUT2D eigenvalue weighted by Gasteiger charge is 2.46. The molecule has 0 spiro atoms. The van der Waals surface area contributed by atoms with Crippen LogP contribution in [0.25, 0.3) is 6.08 Å². The molecule has 230 valence electrons. The Morgan fingerprint density at radius 3 is 2.24 bits per heavy atom. The molecule has 0 radical (unpaired) electrons. The van der Waals surface area contributed by atoms with Crippen molar-refractivity contribution in [2.24, 2.45) is 0 Å².